The number of hydrogen-bond donors (Lipinski definition) is 2. The molecule has 1 aliphatic heterocycles. The lowest BCUT2D eigenvalue weighted by Crippen LogP contribution is -2.42. The molecule has 6 nitrogen and oxygen atoms in total. The Labute approximate surface area is 152 Å². The van der Waals surface area contributed by atoms with Crippen molar-refractivity contribution in [2.45, 2.75) is 37.9 Å². The van der Waals surface area contributed by atoms with Crippen LogP contribution in [0.4, 0.5) is 0 Å². The fourth-order valence-corrected chi connectivity index (χ4v) is 4.06. The molecule has 3 aromatic rings. The third-order valence-corrected chi connectivity index (χ3v) is 5.53. The summed E-state index contributed by atoms with van der Waals surface area (Å²) in [5.74, 6) is -0.0146. The lowest BCUT2D eigenvalue weighted by atomic mass is 9.96. The number of aryl methyl sites for hydroxylation is 1. The van der Waals surface area contributed by atoms with Crippen LogP contribution in [-0.2, 0) is 24.9 Å². The SMILES string of the molecule is Cn1cnc2c1C(C(=O)NC1CC1)CN(Cc1cccc3[nH]ccc13)C2. The first-order valence-electron chi connectivity index (χ1n) is 9.27. The number of imidazole rings is 1. The van der Waals surface area contributed by atoms with Crippen LogP contribution < -0.4 is 5.32 Å². The molecule has 5 rings (SSSR count). The second kappa shape index (κ2) is 5.99. The molecule has 1 amide bonds. The number of nitrogens with zero attached hydrogens (tertiary/aromatic N) is 3. The lowest BCUT2D eigenvalue weighted by Gasteiger charge is -2.32. The van der Waals surface area contributed by atoms with E-state index in [0.717, 1.165) is 49.4 Å². The van der Waals surface area contributed by atoms with Gasteiger partial charge in [0.2, 0.25) is 5.91 Å². The van der Waals surface area contributed by atoms with E-state index in [-0.39, 0.29) is 11.8 Å². The summed E-state index contributed by atoms with van der Waals surface area (Å²) in [6.45, 7) is 2.33. The molecule has 2 N–H and O–H groups in total. The number of amides is 1. The fraction of sp³-hybridized carbons (Fsp3) is 0.400. The highest BCUT2D eigenvalue weighted by Gasteiger charge is 2.36. The van der Waals surface area contributed by atoms with Crippen molar-refractivity contribution in [3.8, 4) is 0 Å². The van der Waals surface area contributed by atoms with Crippen molar-refractivity contribution in [1.82, 2.24) is 24.8 Å². The molecule has 0 bridgehead atoms. The molecule has 3 heterocycles. The summed E-state index contributed by atoms with van der Waals surface area (Å²) >= 11 is 0. The van der Waals surface area contributed by atoms with Crippen LogP contribution in [0.5, 0.6) is 0 Å². The van der Waals surface area contributed by atoms with Gasteiger partial charge < -0.3 is 14.9 Å². The molecule has 0 spiro atoms. The molecule has 0 radical (unpaired) electrons. The molecule has 134 valence electrons. The Balaban J connectivity index is 1.43. The van der Waals surface area contributed by atoms with Crippen molar-refractivity contribution in [2.24, 2.45) is 7.05 Å². The maximum Gasteiger partial charge on any atom is 0.230 e. The summed E-state index contributed by atoms with van der Waals surface area (Å²) in [5, 5.41) is 4.43. The van der Waals surface area contributed by atoms with Crippen LogP contribution >= 0.6 is 0 Å². The smallest absolute Gasteiger partial charge is 0.230 e. The zero-order valence-electron chi connectivity index (χ0n) is 14.9. The van der Waals surface area contributed by atoms with Crippen LogP contribution in [-0.4, -0.2) is 37.9 Å². The first-order chi connectivity index (χ1) is 12.7. The molecule has 2 aliphatic rings. The molecule has 26 heavy (non-hydrogen) atoms. The maximum absolute atomic E-state index is 12.8. The van der Waals surface area contributed by atoms with Crippen molar-refractivity contribution < 1.29 is 4.79 Å². The van der Waals surface area contributed by atoms with E-state index in [0.29, 0.717) is 6.04 Å². The molecule has 1 atom stereocenters. The number of aromatic amines is 1. The van der Waals surface area contributed by atoms with E-state index < -0.39 is 0 Å². The van der Waals surface area contributed by atoms with Crippen molar-refractivity contribution in [1.29, 1.82) is 0 Å². The van der Waals surface area contributed by atoms with Gasteiger partial charge in [-0.3, -0.25) is 9.69 Å². The average Bonchev–Trinajstić information content (AvgIpc) is 3.17. The second-order valence-corrected chi connectivity index (χ2v) is 7.55. The largest absolute Gasteiger partial charge is 0.361 e. The number of hydrogen-bond acceptors (Lipinski definition) is 3. The Morgan fingerprint density at radius 2 is 2.23 bits per heavy atom. The van der Waals surface area contributed by atoms with Gasteiger partial charge in [-0.1, -0.05) is 12.1 Å². The maximum atomic E-state index is 12.8. The first-order valence-corrected chi connectivity index (χ1v) is 9.27. The van der Waals surface area contributed by atoms with Gasteiger partial charge in [-0.15, -0.1) is 0 Å². The minimum absolute atomic E-state index is 0.141. The monoisotopic (exact) mass is 349 g/mol. The summed E-state index contributed by atoms with van der Waals surface area (Å²) in [6, 6.07) is 8.85. The second-order valence-electron chi connectivity index (χ2n) is 7.55. The van der Waals surface area contributed by atoms with Crippen LogP contribution in [0.25, 0.3) is 10.9 Å². The molecule has 0 saturated heterocycles. The lowest BCUT2D eigenvalue weighted by molar-refractivity contribution is -0.123. The Bertz CT molecular complexity index is 968. The van der Waals surface area contributed by atoms with E-state index >= 15 is 0 Å². The van der Waals surface area contributed by atoms with Gasteiger partial charge in [0.1, 0.15) is 0 Å². The highest BCUT2D eigenvalue weighted by atomic mass is 16.2. The van der Waals surface area contributed by atoms with Crippen LogP contribution in [0.3, 0.4) is 0 Å². The van der Waals surface area contributed by atoms with Gasteiger partial charge in [0.25, 0.3) is 0 Å². The van der Waals surface area contributed by atoms with Crippen LogP contribution in [0, 0.1) is 0 Å². The third-order valence-electron chi connectivity index (χ3n) is 5.53. The topological polar surface area (TPSA) is 66.0 Å². The molecule has 1 saturated carbocycles. The van der Waals surface area contributed by atoms with Crippen molar-refractivity contribution >= 4 is 16.8 Å². The Kier molecular flexibility index (Phi) is 3.60. The normalized spacial score (nSPS) is 20.3. The van der Waals surface area contributed by atoms with E-state index in [2.05, 4.69) is 44.5 Å². The summed E-state index contributed by atoms with van der Waals surface area (Å²) in [4.78, 5) is 23.0. The van der Waals surface area contributed by atoms with Crippen LogP contribution in [0.2, 0.25) is 0 Å². The number of carbonyl (C=O) groups excluding carboxylic acids is 1. The summed E-state index contributed by atoms with van der Waals surface area (Å²) < 4.78 is 2.01. The number of carbonyl (C=O) groups is 1. The number of nitrogens with one attached hydrogen (secondary N) is 2. The van der Waals surface area contributed by atoms with Gasteiger partial charge in [0.15, 0.2) is 0 Å². The average molecular weight is 349 g/mol. The quantitative estimate of drug-likeness (QED) is 0.759. The zero-order chi connectivity index (χ0) is 17.7. The highest BCUT2D eigenvalue weighted by Crippen LogP contribution is 2.31. The minimum Gasteiger partial charge on any atom is -0.361 e. The standard InChI is InChI=1S/C20H23N5O/c1-24-12-22-18-11-25(9-13-3-2-4-17-15(13)7-8-21-17)10-16(19(18)24)20(26)23-14-5-6-14/h2-4,7-8,12,14,16,21H,5-6,9-11H2,1H3,(H,23,26). The molecule has 1 aliphatic carbocycles. The van der Waals surface area contributed by atoms with Crippen molar-refractivity contribution in [3.05, 3.63) is 53.7 Å². The number of rotatable bonds is 4. The first kappa shape index (κ1) is 15.6. The number of aromatic nitrogens is 3. The third kappa shape index (κ3) is 2.70. The van der Waals surface area contributed by atoms with E-state index in [9.17, 15) is 4.79 Å². The Morgan fingerprint density at radius 3 is 3.08 bits per heavy atom. The van der Waals surface area contributed by atoms with Gasteiger partial charge in [-0.2, -0.15) is 0 Å². The van der Waals surface area contributed by atoms with Crippen LogP contribution in [0.1, 0.15) is 35.7 Å². The molecule has 1 unspecified atom stereocenters. The number of fused-ring (bicyclic) bond motifs is 2. The van der Waals surface area contributed by atoms with Gasteiger partial charge in [0, 0.05) is 49.8 Å². The molecular weight excluding hydrogens is 326 g/mol. The summed E-state index contributed by atoms with van der Waals surface area (Å²) in [7, 11) is 1.99. The Morgan fingerprint density at radius 1 is 1.35 bits per heavy atom. The fourth-order valence-electron chi connectivity index (χ4n) is 4.06. The minimum atomic E-state index is -0.155. The van der Waals surface area contributed by atoms with E-state index in [1.54, 1.807) is 0 Å². The molecule has 2 aromatic heterocycles. The van der Waals surface area contributed by atoms with Gasteiger partial charge in [0.05, 0.1) is 23.6 Å². The van der Waals surface area contributed by atoms with E-state index in [1.807, 2.05) is 24.1 Å². The predicted octanol–water partition coefficient (Wildman–Crippen LogP) is 2.28. The summed E-state index contributed by atoms with van der Waals surface area (Å²) in [6.07, 6.45) is 6.03. The number of H-pyrrole nitrogens is 1. The Hall–Kier alpha value is -2.60. The molecule has 1 fully saturated rings. The predicted molar refractivity (Wildman–Crippen MR) is 99.5 cm³/mol. The van der Waals surface area contributed by atoms with E-state index in [1.165, 1.54) is 10.9 Å². The highest BCUT2D eigenvalue weighted by molar-refractivity contribution is 5.85. The molecular formula is C20H23N5O. The van der Waals surface area contributed by atoms with Gasteiger partial charge in [-0.05, 0) is 30.5 Å². The van der Waals surface area contributed by atoms with Gasteiger partial charge in [-0.25, -0.2) is 4.98 Å². The molecule has 6 heteroatoms. The van der Waals surface area contributed by atoms with Crippen molar-refractivity contribution in [2.75, 3.05) is 6.54 Å². The van der Waals surface area contributed by atoms with Gasteiger partial charge >= 0.3 is 0 Å². The molecule has 1 aromatic carbocycles. The van der Waals surface area contributed by atoms with Crippen molar-refractivity contribution in [3.63, 3.8) is 0 Å². The van der Waals surface area contributed by atoms with E-state index in [4.69, 9.17) is 0 Å². The van der Waals surface area contributed by atoms with Crippen LogP contribution in [0.15, 0.2) is 36.8 Å². The zero-order valence-corrected chi connectivity index (χ0v) is 14.9. The number of benzene rings is 1. The summed E-state index contributed by atoms with van der Waals surface area (Å²) in [5.41, 5.74) is 4.53.